The van der Waals surface area contributed by atoms with E-state index in [1.807, 2.05) is 25.5 Å². The first-order valence-electron chi connectivity index (χ1n) is 10.3. The number of benzene rings is 2. The Kier molecular flexibility index (Phi) is 6.71. The summed E-state index contributed by atoms with van der Waals surface area (Å²) in [6.07, 6.45) is 1.44. The summed E-state index contributed by atoms with van der Waals surface area (Å²) in [5, 5.41) is 0.621. The molecule has 0 fully saturated rings. The van der Waals surface area contributed by atoms with E-state index < -0.39 is 43.5 Å². The summed E-state index contributed by atoms with van der Waals surface area (Å²) in [6, 6.07) is 5.81. The van der Waals surface area contributed by atoms with Gasteiger partial charge in [0.15, 0.2) is 5.82 Å². The maximum atomic E-state index is 15.8. The fourth-order valence-electron chi connectivity index (χ4n) is 3.22. The molecule has 2 heterocycles. The number of halogens is 4. The van der Waals surface area contributed by atoms with Crippen LogP contribution in [0.2, 0.25) is 5.02 Å². The molecule has 4 aromatic rings. The molecule has 0 bridgehead atoms. The smallest absolute Gasteiger partial charge is 0.265 e. The quantitative estimate of drug-likeness (QED) is 0.313. The van der Waals surface area contributed by atoms with E-state index in [0.29, 0.717) is 27.7 Å². The molecule has 2 aromatic carbocycles. The molecule has 0 amide bonds. The minimum absolute atomic E-state index is 0.00120. The van der Waals surface area contributed by atoms with Gasteiger partial charge in [-0.3, -0.25) is 4.72 Å². The minimum Gasteiger partial charge on any atom is -0.368 e. The average molecular weight is 554 g/mol. The minimum atomic E-state index is -4.71. The molecular weight excluding hydrogens is 535 g/mol. The number of sulfonamides is 1. The zero-order valence-electron chi connectivity index (χ0n) is 19.1. The van der Waals surface area contributed by atoms with Crippen LogP contribution in [0.25, 0.3) is 21.8 Å². The van der Waals surface area contributed by atoms with Gasteiger partial charge in [0.2, 0.25) is 5.95 Å². The number of nitrogen functional groups attached to an aromatic ring is 1. The molecule has 36 heavy (non-hydrogen) atoms. The van der Waals surface area contributed by atoms with Crippen molar-refractivity contribution in [1.29, 1.82) is 0 Å². The molecule has 2 aromatic heterocycles. The topological polar surface area (TPSA) is 111 Å². The van der Waals surface area contributed by atoms with Crippen molar-refractivity contribution in [3.05, 3.63) is 70.1 Å². The number of aromatic nitrogens is 3. The normalized spacial score (nSPS) is 12.1. The summed E-state index contributed by atoms with van der Waals surface area (Å²) in [6.45, 7) is 5.78. The highest BCUT2D eigenvalue weighted by molar-refractivity contribution is 7.92. The van der Waals surface area contributed by atoms with Crippen molar-refractivity contribution in [1.82, 2.24) is 15.0 Å². The summed E-state index contributed by atoms with van der Waals surface area (Å²) < 4.78 is 71.1. The van der Waals surface area contributed by atoms with Crippen molar-refractivity contribution >= 4 is 44.6 Å². The van der Waals surface area contributed by atoms with Crippen LogP contribution in [0, 0.1) is 17.5 Å². The van der Waals surface area contributed by atoms with Crippen molar-refractivity contribution < 1.29 is 21.6 Å². The molecule has 0 aliphatic rings. The molecule has 0 aliphatic heterocycles. The number of nitrogens with zero attached hydrogens (tertiary/aromatic N) is 3. The van der Waals surface area contributed by atoms with Crippen molar-refractivity contribution in [2.45, 2.75) is 31.1 Å². The Balaban J connectivity index is 1.89. The van der Waals surface area contributed by atoms with Gasteiger partial charge in [-0.15, -0.1) is 11.3 Å². The van der Waals surface area contributed by atoms with E-state index in [9.17, 15) is 17.2 Å². The van der Waals surface area contributed by atoms with Gasteiger partial charge in [-0.1, -0.05) is 32.4 Å². The van der Waals surface area contributed by atoms with Crippen LogP contribution in [-0.2, 0) is 15.4 Å². The number of thiazole rings is 1. The number of nitrogens with one attached hydrogen (secondary N) is 1. The lowest BCUT2D eigenvalue weighted by atomic mass is 9.98. The predicted octanol–water partition coefficient (Wildman–Crippen LogP) is 6.02. The first kappa shape index (κ1) is 25.9. The third-order valence-electron chi connectivity index (χ3n) is 4.90. The van der Waals surface area contributed by atoms with Gasteiger partial charge in [-0.25, -0.2) is 36.5 Å². The molecular formula is C23H19ClF3N5O2S2. The van der Waals surface area contributed by atoms with Gasteiger partial charge in [0.1, 0.15) is 16.5 Å². The van der Waals surface area contributed by atoms with Gasteiger partial charge in [-0.05, 0) is 36.4 Å². The van der Waals surface area contributed by atoms with E-state index in [2.05, 4.69) is 15.0 Å². The van der Waals surface area contributed by atoms with Crippen LogP contribution in [0.4, 0.5) is 24.8 Å². The van der Waals surface area contributed by atoms with Gasteiger partial charge >= 0.3 is 0 Å². The molecule has 0 saturated carbocycles. The molecule has 0 radical (unpaired) electrons. The Bertz CT molecular complexity index is 1590. The Morgan fingerprint density at radius 3 is 2.44 bits per heavy atom. The van der Waals surface area contributed by atoms with E-state index >= 15 is 4.39 Å². The maximum Gasteiger partial charge on any atom is 0.265 e. The third-order valence-corrected chi connectivity index (χ3v) is 8.00. The highest BCUT2D eigenvalue weighted by Crippen LogP contribution is 2.43. The molecule has 0 spiro atoms. The van der Waals surface area contributed by atoms with Gasteiger partial charge in [0, 0.05) is 22.2 Å². The van der Waals surface area contributed by atoms with Crippen molar-refractivity contribution in [2.75, 3.05) is 10.5 Å². The SMILES string of the molecule is CC(C)(C)c1nc(-c2cc(Cl)cc(NS(=O)(=O)c3cc(F)ccc3F)c2F)c(-c2ccnc(N)n2)s1. The first-order valence-corrected chi connectivity index (χ1v) is 13.0. The standard InChI is InChI=1S/C23H19ClF3N5O2S2/c1-23(2,3)21-31-19(20(35-21)15-6-7-29-22(28)30-15)13-8-11(24)9-16(18(13)27)32-36(33,34)17-10-12(25)4-5-14(17)26/h4-10,32H,1-3H3,(H2,28,29,30). The van der Waals surface area contributed by atoms with Gasteiger partial charge in [0.25, 0.3) is 10.0 Å². The second-order valence-corrected chi connectivity index (χ2v) is 11.8. The molecule has 0 atom stereocenters. The Hall–Kier alpha value is -3.22. The highest BCUT2D eigenvalue weighted by atomic mass is 35.5. The maximum absolute atomic E-state index is 15.8. The predicted molar refractivity (Wildman–Crippen MR) is 134 cm³/mol. The van der Waals surface area contributed by atoms with Crippen molar-refractivity contribution in [2.24, 2.45) is 0 Å². The summed E-state index contributed by atoms with van der Waals surface area (Å²) in [7, 11) is -4.71. The second kappa shape index (κ2) is 9.34. The van der Waals surface area contributed by atoms with Crippen LogP contribution in [0.1, 0.15) is 25.8 Å². The van der Waals surface area contributed by atoms with E-state index in [1.54, 1.807) is 6.07 Å². The molecule has 0 saturated heterocycles. The van der Waals surface area contributed by atoms with Crippen LogP contribution in [0.3, 0.4) is 0 Å². The first-order chi connectivity index (χ1) is 16.8. The highest BCUT2D eigenvalue weighted by Gasteiger charge is 2.28. The lowest BCUT2D eigenvalue weighted by Gasteiger charge is -2.14. The molecule has 0 aliphatic carbocycles. The monoisotopic (exact) mass is 553 g/mol. The number of anilines is 2. The lowest BCUT2D eigenvalue weighted by Crippen LogP contribution is -2.16. The molecule has 4 rings (SSSR count). The summed E-state index contributed by atoms with van der Waals surface area (Å²) >= 11 is 7.48. The molecule has 13 heteroatoms. The molecule has 188 valence electrons. The zero-order chi connectivity index (χ0) is 26.4. The second-order valence-electron chi connectivity index (χ2n) is 8.74. The van der Waals surface area contributed by atoms with Gasteiger partial charge < -0.3 is 5.73 Å². The van der Waals surface area contributed by atoms with E-state index in [1.165, 1.54) is 23.6 Å². The number of hydrogen-bond acceptors (Lipinski definition) is 7. The summed E-state index contributed by atoms with van der Waals surface area (Å²) in [4.78, 5) is 12.2. The summed E-state index contributed by atoms with van der Waals surface area (Å²) in [5.41, 5.74) is 5.16. The van der Waals surface area contributed by atoms with Crippen molar-refractivity contribution in [3.8, 4) is 21.8 Å². The van der Waals surface area contributed by atoms with Crippen LogP contribution in [0.5, 0.6) is 0 Å². The van der Waals surface area contributed by atoms with E-state index in [-0.39, 0.29) is 22.2 Å². The van der Waals surface area contributed by atoms with Crippen LogP contribution >= 0.6 is 22.9 Å². The fourth-order valence-corrected chi connectivity index (χ4v) is 5.68. The van der Waals surface area contributed by atoms with Crippen molar-refractivity contribution in [3.63, 3.8) is 0 Å². The molecule has 7 nitrogen and oxygen atoms in total. The average Bonchev–Trinajstić information content (AvgIpc) is 3.23. The number of rotatable bonds is 5. The van der Waals surface area contributed by atoms with E-state index in [4.69, 9.17) is 17.3 Å². The third kappa shape index (κ3) is 5.15. The lowest BCUT2D eigenvalue weighted by molar-refractivity contribution is 0.555. The number of hydrogen-bond donors (Lipinski definition) is 2. The molecule has 0 unspecified atom stereocenters. The summed E-state index contributed by atoms with van der Waals surface area (Å²) in [5.74, 6) is -3.20. The van der Waals surface area contributed by atoms with Gasteiger partial charge in [-0.2, -0.15) is 0 Å². The number of nitrogens with two attached hydrogens (primary N) is 1. The van der Waals surface area contributed by atoms with E-state index in [0.717, 1.165) is 12.1 Å². The van der Waals surface area contributed by atoms with Crippen LogP contribution in [0.15, 0.2) is 47.5 Å². The molecule has 3 N–H and O–H groups in total. The van der Waals surface area contributed by atoms with Crippen LogP contribution < -0.4 is 10.5 Å². The Labute approximate surface area is 214 Å². The van der Waals surface area contributed by atoms with Crippen LogP contribution in [-0.4, -0.2) is 23.4 Å². The Morgan fingerprint density at radius 2 is 1.78 bits per heavy atom. The largest absolute Gasteiger partial charge is 0.368 e. The zero-order valence-corrected chi connectivity index (χ0v) is 21.5. The Morgan fingerprint density at radius 1 is 1.06 bits per heavy atom. The van der Waals surface area contributed by atoms with Gasteiger partial charge in [0.05, 0.1) is 27.0 Å². The fraction of sp³-hybridized carbons (Fsp3) is 0.174.